The Morgan fingerprint density at radius 2 is 2.20 bits per heavy atom. The normalized spacial score (nSPS) is 16.3. The number of hydrogen-bond donors (Lipinski definition) is 2. The largest absolute Gasteiger partial charge is 0.475 e. The highest BCUT2D eigenvalue weighted by molar-refractivity contribution is 6.03. The predicted molar refractivity (Wildman–Crippen MR) is 139 cm³/mol. The maximum absolute atomic E-state index is 12.4. The molecule has 0 spiro atoms. The van der Waals surface area contributed by atoms with E-state index >= 15 is 0 Å². The van der Waals surface area contributed by atoms with Gasteiger partial charge < -0.3 is 25.0 Å². The van der Waals surface area contributed by atoms with Crippen LogP contribution in [-0.4, -0.2) is 52.4 Å². The lowest BCUT2D eigenvalue weighted by Gasteiger charge is -2.35. The summed E-state index contributed by atoms with van der Waals surface area (Å²) in [5, 5.41) is 10.7. The van der Waals surface area contributed by atoms with Crippen LogP contribution in [0.1, 0.15) is 39.0 Å². The van der Waals surface area contributed by atoms with Crippen molar-refractivity contribution < 1.29 is 14.3 Å². The molecule has 0 saturated heterocycles. The molecule has 2 aromatic heterocycles. The van der Waals surface area contributed by atoms with E-state index in [0.29, 0.717) is 37.1 Å². The Morgan fingerprint density at radius 1 is 1.43 bits per heavy atom. The van der Waals surface area contributed by atoms with E-state index in [1.54, 1.807) is 12.3 Å². The molecule has 1 aliphatic heterocycles. The number of allylic oxidation sites excluding steroid dienone is 2. The Balaban J connectivity index is 1.69. The summed E-state index contributed by atoms with van der Waals surface area (Å²) in [6.45, 7) is 14.9. The van der Waals surface area contributed by atoms with E-state index in [4.69, 9.17) is 9.47 Å². The summed E-state index contributed by atoms with van der Waals surface area (Å²) in [7, 11) is 1.84. The first kappa shape index (κ1) is 26.0. The highest BCUT2D eigenvalue weighted by atomic mass is 16.5. The minimum Gasteiger partial charge on any atom is -0.475 e. The van der Waals surface area contributed by atoms with Gasteiger partial charge in [0.25, 0.3) is 5.91 Å². The number of aromatic nitrogens is 3. The molecule has 2 N–H and O–H groups in total. The molecule has 2 aromatic rings. The van der Waals surface area contributed by atoms with Crippen LogP contribution in [0.5, 0.6) is 0 Å². The van der Waals surface area contributed by atoms with Crippen LogP contribution in [0.3, 0.4) is 0 Å². The molecule has 0 radical (unpaired) electrons. The van der Waals surface area contributed by atoms with Crippen molar-refractivity contribution >= 4 is 28.8 Å². The topological polar surface area (TPSA) is 106 Å². The second-order valence-corrected chi connectivity index (χ2v) is 8.40. The molecule has 1 aliphatic rings. The van der Waals surface area contributed by atoms with Crippen LogP contribution in [-0.2, 0) is 27.4 Å². The fraction of sp³-hybridized carbons (Fsp3) is 0.440. The van der Waals surface area contributed by atoms with Crippen molar-refractivity contribution in [2.24, 2.45) is 4.99 Å². The molecule has 0 bridgehead atoms. The number of ether oxygens (including phenoxy) is 2. The molecule has 0 aromatic carbocycles. The number of fused-ring (bicyclic) bond motifs is 1. The van der Waals surface area contributed by atoms with Gasteiger partial charge in [-0.25, -0.2) is 9.98 Å². The molecule has 35 heavy (non-hydrogen) atoms. The predicted octanol–water partition coefficient (Wildman–Crippen LogP) is 3.86. The van der Waals surface area contributed by atoms with Gasteiger partial charge in [-0.1, -0.05) is 6.58 Å². The zero-order valence-electron chi connectivity index (χ0n) is 21.3. The average Bonchev–Trinajstić information content (AvgIpc) is 3.27. The number of nitrogens with one attached hydrogen (secondary N) is 2. The lowest BCUT2D eigenvalue weighted by Crippen LogP contribution is -2.48. The Bertz CT molecular complexity index is 1120. The van der Waals surface area contributed by atoms with E-state index in [-0.39, 0.29) is 12.0 Å². The van der Waals surface area contributed by atoms with Gasteiger partial charge in [0, 0.05) is 38.0 Å². The number of carbonyl (C=O) groups excluding carboxylic acids is 1. The van der Waals surface area contributed by atoms with Crippen molar-refractivity contribution in [2.75, 3.05) is 29.2 Å². The number of aliphatic imine (C=N–C) groups is 1. The van der Waals surface area contributed by atoms with E-state index < -0.39 is 6.23 Å². The third-order valence-corrected chi connectivity index (χ3v) is 5.29. The summed E-state index contributed by atoms with van der Waals surface area (Å²) in [5.74, 6) is 1.06. The first-order valence-corrected chi connectivity index (χ1v) is 11.7. The quantitative estimate of drug-likeness (QED) is 0.371. The van der Waals surface area contributed by atoms with Crippen molar-refractivity contribution in [3.8, 4) is 0 Å². The average molecular weight is 482 g/mol. The fourth-order valence-electron chi connectivity index (χ4n) is 3.64. The van der Waals surface area contributed by atoms with Crippen molar-refractivity contribution in [2.45, 2.75) is 60.0 Å². The van der Waals surface area contributed by atoms with Gasteiger partial charge in [-0.15, -0.1) is 0 Å². The maximum atomic E-state index is 12.4. The van der Waals surface area contributed by atoms with Gasteiger partial charge in [0.15, 0.2) is 0 Å². The number of rotatable bonds is 11. The Hall–Kier alpha value is -3.66. The van der Waals surface area contributed by atoms with Crippen LogP contribution in [0.25, 0.3) is 0 Å². The molecule has 10 heteroatoms. The summed E-state index contributed by atoms with van der Waals surface area (Å²) in [6, 6.07) is 1.91. The highest BCUT2D eigenvalue weighted by Gasteiger charge is 2.32. The minimum absolute atomic E-state index is 0.0420. The molecule has 10 nitrogen and oxygen atoms in total. The number of nitrogens with zero attached hydrogens (tertiary/aromatic N) is 5. The van der Waals surface area contributed by atoms with Crippen LogP contribution in [0.15, 0.2) is 48.1 Å². The van der Waals surface area contributed by atoms with Gasteiger partial charge in [-0.3, -0.25) is 9.48 Å². The van der Waals surface area contributed by atoms with Gasteiger partial charge >= 0.3 is 0 Å². The minimum atomic E-state index is -0.671. The second kappa shape index (κ2) is 11.7. The molecule has 1 amide bonds. The zero-order valence-corrected chi connectivity index (χ0v) is 21.3. The monoisotopic (exact) mass is 481 g/mol. The number of likely N-dealkylation sites (N-methyl/N-ethyl adjacent to an activating group) is 1. The van der Waals surface area contributed by atoms with E-state index in [1.807, 2.05) is 69.6 Å². The number of pyridine rings is 1. The second-order valence-electron chi connectivity index (χ2n) is 8.40. The molecule has 0 aliphatic carbocycles. The molecule has 0 saturated carbocycles. The number of amides is 1. The third-order valence-electron chi connectivity index (χ3n) is 5.29. The van der Waals surface area contributed by atoms with Crippen LogP contribution in [0, 0.1) is 6.92 Å². The fourth-order valence-corrected chi connectivity index (χ4v) is 3.64. The summed E-state index contributed by atoms with van der Waals surface area (Å²) in [5.41, 5.74) is 4.02. The van der Waals surface area contributed by atoms with Crippen molar-refractivity contribution in [1.82, 2.24) is 14.8 Å². The molecular weight excluding hydrogens is 446 g/mol. The number of hydrogen-bond acceptors (Lipinski definition) is 8. The first-order valence-electron chi connectivity index (χ1n) is 11.7. The Kier molecular flexibility index (Phi) is 8.64. The lowest BCUT2D eigenvalue weighted by molar-refractivity contribution is -0.127. The van der Waals surface area contributed by atoms with Gasteiger partial charge in [0.1, 0.15) is 5.82 Å². The molecular formula is C25H35N7O3. The maximum Gasteiger partial charge on any atom is 0.274 e. The number of carbonyl (C=O) groups is 1. The SMILES string of the molecule is C=C/C(Cn1cc(CNc2cc3c(c(C)n2)NC(=O)C(OCC)N3C)cn1)=N\C(=C/C)OC(C)C. The zero-order chi connectivity index (χ0) is 25.5. The summed E-state index contributed by atoms with van der Waals surface area (Å²) >= 11 is 0. The first-order chi connectivity index (χ1) is 16.7. The lowest BCUT2D eigenvalue weighted by atomic mass is 10.1. The highest BCUT2D eigenvalue weighted by Crippen LogP contribution is 2.35. The standard InChI is InChI=1S/C25H35N7O3/c1-8-19(29-22(9-2)35-16(4)5)15-32-14-18(13-27-32)12-26-21-11-20-23(17(6)28-21)30-24(33)25(31(20)7)34-10-3/h8-9,11,13-14,16,25H,1,10,12,15H2,2-7H3,(H,26,28)(H,30,33)/b22-9+,29-19+. The van der Waals surface area contributed by atoms with Crippen LogP contribution >= 0.6 is 0 Å². The molecule has 3 heterocycles. The molecule has 1 atom stereocenters. The van der Waals surface area contributed by atoms with E-state index in [2.05, 4.69) is 32.3 Å². The van der Waals surface area contributed by atoms with Crippen molar-refractivity contribution in [3.05, 3.63) is 54.3 Å². The smallest absolute Gasteiger partial charge is 0.274 e. The summed E-state index contributed by atoms with van der Waals surface area (Å²) in [4.78, 5) is 23.3. The van der Waals surface area contributed by atoms with Crippen molar-refractivity contribution in [3.63, 3.8) is 0 Å². The van der Waals surface area contributed by atoms with Crippen LogP contribution in [0.4, 0.5) is 17.2 Å². The Labute approximate surface area is 206 Å². The molecule has 3 rings (SSSR count). The summed E-state index contributed by atoms with van der Waals surface area (Å²) < 4.78 is 13.1. The van der Waals surface area contributed by atoms with E-state index in [0.717, 1.165) is 22.7 Å². The summed E-state index contributed by atoms with van der Waals surface area (Å²) in [6.07, 6.45) is 6.66. The number of anilines is 3. The van der Waals surface area contributed by atoms with Gasteiger partial charge in [-0.2, -0.15) is 5.10 Å². The molecule has 0 fully saturated rings. The van der Waals surface area contributed by atoms with Crippen LogP contribution < -0.4 is 15.5 Å². The van der Waals surface area contributed by atoms with Gasteiger partial charge in [-0.05, 0) is 46.8 Å². The van der Waals surface area contributed by atoms with Gasteiger partial charge in [0.2, 0.25) is 12.1 Å². The number of aryl methyl sites for hydroxylation is 1. The van der Waals surface area contributed by atoms with Crippen LogP contribution in [0.2, 0.25) is 0 Å². The Morgan fingerprint density at radius 3 is 2.86 bits per heavy atom. The molecule has 1 unspecified atom stereocenters. The van der Waals surface area contributed by atoms with Gasteiger partial charge in [0.05, 0.1) is 41.6 Å². The van der Waals surface area contributed by atoms with Crippen molar-refractivity contribution in [1.29, 1.82) is 0 Å². The van der Waals surface area contributed by atoms with E-state index in [9.17, 15) is 4.79 Å². The van der Waals surface area contributed by atoms with E-state index in [1.165, 1.54) is 0 Å². The third kappa shape index (κ3) is 6.48. The molecule has 188 valence electrons.